The summed E-state index contributed by atoms with van der Waals surface area (Å²) < 4.78 is 0. The summed E-state index contributed by atoms with van der Waals surface area (Å²) in [5.41, 5.74) is 2.12. The van der Waals surface area contributed by atoms with Crippen LogP contribution in [0.2, 0.25) is 0 Å². The normalized spacial score (nSPS) is 15.8. The lowest BCUT2D eigenvalue weighted by molar-refractivity contribution is 0.262. The van der Waals surface area contributed by atoms with Crippen LogP contribution in [-0.4, -0.2) is 53.5 Å². The summed E-state index contributed by atoms with van der Waals surface area (Å²) in [5.74, 6) is 0.862. The van der Waals surface area contributed by atoms with Crippen LogP contribution in [0.5, 0.6) is 0 Å². The first kappa shape index (κ1) is 16.9. The summed E-state index contributed by atoms with van der Waals surface area (Å²) in [6.45, 7) is 4.45. The lowest BCUT2D eigenvalue weighted by atomic mass is 10.1. The number of oxime groups is 1. The molecule has 2 heterocycles. The summed E-state index contributed by atoms with van der Waals surface area (Å²) in [6.07, 6.45) is 0.711. The second-order valence-electron chi connectivity index (χ2n) is 5.98. The Labute approximate surface area is 147 Å². The molecule has 1 aromatic carbocycles. The highest BCUT2D eigenvalue weighted by atomic mass is 16.4. The van der Waals surface area contributed by atoms with Crippen molar-refractivity contribution >= 4 is 11.5 Å². The van der Waals surface area contributed by atoms with Gasteiger partial charge in [0.05, 0.1) is 5.71 Å². The number of aromatic nitrogens is 1. The molecule has 0 unspecified atom stereocenters. The lowest BCUT2D eigenvalue weighted by Crippen LogP contribution is -2.47. The second kappa shape index (κ2) is 8.27. The minimum atomic E-state index is 0.451. The van der Waals surface area contributed by atoms with Crippen molar-refractivity contribution in [3.8, 4) is 6.07 Å². The number of benzene rings is 1. The molecule has 0 saturated carbocycles. The molecule has 1 fully saturated rings. The summed E-state index contributed by atoms with van der Waals surface area (Å²) in [7, 11) is 0. The Balaban J connectivity index is 1.52. The number of pyridine rings is 1. The van der Waals surface area contributed by atoms with E-state index < -0.39 is 0 Å². The highest BCUT2D eigenvalue weighted by molar-refractivity contribution is 6.00. The van der Waals surface area contributed by atoms with Gasteiger partial charge in [0.15, 0.2) is 0 Å². The molecule has 6 nitrogen and oxygen atoms in total. The first-order valence-corrected chi connectivity index (χ1v) is 8.41. The van der Waals surface area contributed by atoms with Crippen LogP contribution in [0.15, 0.2) is 53.7 Å². The van der Waals surface area contributed by atoms with Gasteiger partial charge in [-0.25, -0.2) is 4.98 Å². The molecule has 128 valence electrons. The highest BCUT2D eigenvalue weighted by Crippen LogP contribution is 2.14. The van der Waals surface area contributed by atoms with E-state index in [1.165, 1.54) is 0 Å². The van der Waals surface area contributed by atoms with Crippen molar-refractivity contribution < 1.29 is 5.21 Å². The van der Waals surface area contributed by atoms with Gasteiger partial charge < -0.3 is 10.1 Å². The van der Waals surface area contributed by atoms with E-state index >= 15 is 0 Å². The van der Waals surface area contributed by atoms with Crippen molar-refractivity contribution in [2.45, 2.75) is 6.42 Å². The van der Waals surface area contributed by atoms with E-state index in [0.29, 0.717) is 17.8 Å². The molecule has 1 N–H and O–H groups in total. The zero-order chi connectivity index (χ0) is 17.5. The van der Waals surface area contributed by atoms with Gasteiger partial charge in [-0.3, -0.25) is 4.90 Å². The minimum Gasteiger partial charge on any atom is -0.411 e. The lowest BCUT2D eigenvalue weighted by Gasteiger charge is -2.35. The molecule has 1 aliphatic rings. The maximum atomic E-state index is 9.28. The number of anilines is 1. The average Bonchev–Trinajstić information content (AvgIpc) is 2.70. The zero-order valence-corrected chi connectivity index (χ0v) is 14.0. The van der Waals surface area contributed by atoms with Crippen molar-refractivity contribution in [1.82, 2.24) is 9.88 Å². The van der Waals surface area contributed by atoms with Gasteiger partial charge in [-0.05, 0) is 17.7 Å². The quantitative estimate of drug-likeness (QED) is 0.516. The fourth-order valence-corrected chi connectivity index (χ4v) is 3.01. The van der Waals surface area contributed by atoms with Crippen molar-refractivity contribution in [3.05, 3.63) is 59.8 Å². The Morgan fingerprint density at radius 1 is 1.08 bits per heavy atom. The highest BCUT2D eigenvalue weighted by Gasteiger charge is 2.18. The van der Waals surface area contributed by atoms with E-state index in [9.17, 15) is 5.21 Å². The van der Waals surface area contributed by atoms with Gasteiger partial charge in [0, 0.05) is 39.1 Å². The number of nitrogens with zero attached hydrogens (tertiary/aromatic N) is 5. The maximum absolute atomic E-state index is 9.28. The summed E-state index contributed by atoms with van der Waals surface area (Å²) in [5, 5.41) is 21.7. The third kappa shape index (κ3) is 4.34. The molecule has 25 heavy (non-hydrogen) atoms. The van der Waals surface area contributed by atoms with Crippen molar-refractivity contribution in [3.63, 3.8) is 0 Å². The molecule has 1 aromatic heterocycles. The summed E-state index contributed by atoms with van der Waals surface area (Å²) >= 11 is 0. The number of piperazine rings is 1. The van der Waals surface area contributed by atoms with Gasteiger partial charge in [-0.15, -0.1) is 0 Å². The van der Waals surface area contributed by atoms with Gasteiger partial charge >= 0.3 is 0 Å². The molecule has 0 radical (unpaired) electrons. The molecule has 6 heteroatoms. The first-order valence-electron chi connectivity index (χ1n) is 8.41. The second-order valence-corrected chi connectivity index (χ2v) is 5.98. The Bertz CT molecular complexity index is 761. The molecule has 0 aliphatic carbocycles. The van der Waals surface area contributed by atoms with Crippen molar-refractivity contribution in [1.29, 1.82) is 5.26 Å². The fraction of sp³-hybridized carbons (Fsp3) is 0.316. The molecule has 2 aromatic rings. The van der Waals surface area contributed by atoms with E-state index in [4.69, 9.17) is 5.26 Å². The molecule has 1 aliphatic heterocycles. The van der Waals surface area contributed by atoms with Gasteiger partial charge in [-0.1, -0.05) is 41.6 Å². The van der Waals surface area contributed by atoms with E-state index in [1.54, 1.807) is 6.07 Å². The summed E-state index contributed by atoms with van der Waals surface area (Å²) in [4.78, 5) is 8.93. The number of hydrogen-bond donors (Lipinski definition) is 1. The van der Waals surface area contributed by atoms with Crippen LogP contribution in [0.3, 0.4) is 0 Å². The number of hydrogen-bond acceptors (Lipinski definition) is 6. The van der Waals surface area contributed by atoms with E-state index in [2.05, 4.69) is 26.0 Å². The van der Waals surface area contributed by atoms with E-state index in [-0.39, 0.29) is 0 Å². The standard InChI is InChI=1S/C19H21N5O/c20-15-17-7-4-8-19(21-17)24-13-11-23(12-14-24)10-9-18(22-25)16-5-2-1-3-6-16/h1-8,25H,9-14H2/b22-18+. The Morgan fingerprint density at radius 2 is 1.84 bits per heavy atom. The predicted molar refractivity (Wildman–Crippen MR) is 97.0 cm³/mol. The van der Waals surface area contributed by atoms with Crippen molar-refractivity contribution in [2.75, 3.05) is 37.6 Å². The van der Waals surface area contributed by atoms with Crippen LogP contribution in [-0.2, 0) is 0 Å². The van der Waals surface area contributed by atoms with Gasteiger partial charge in [0.1, 0.15) is 17.6 Å². The van der Waals surface area contributed by atoms with E-state index in [1.807, 2.05) is 42.5 Å². The Kier molecular flexibility index (Phi) is 5.60. The minimum absolute atomic E-state index is 0.451. The molecule has 0 amide bonds. The van der Waals surface area contributed by atoms with Crippen LogP contribution in [0.1, 0.15) is 17.7 Å². The third-order valence-corrected chi connectivity index (χ3v) is 4.44. The van der Waals surface area contributed by atoms with Crippen LogP contribution in [0.4, 0.5) is 5.82 Å². The Morgan fingerprint density at radius 3 is 2.52 bits per heavy atom. The fourth-order valence-electron chi connectivity index (χ4n) is 3.01. The SMILES string of the molecule is N#Cc1cccc(N2CCN(CC/C(=N\O)c3ccccc3)CC2)n1. The average molecular weight is 335 g/mol. The van der Waals surface area contributed by atoms with Crippen molar-refractivity contribution in [2.24, 2.45) is 5.16 Å². The monoisotopic (exact) mass is 335 g/mol. The van der Waals surface area contributed by atoms with Gasteiger partial charge in [-0.2, -0.15) is 5.26 Å². The maximum Gasteiger partial charge on any atom is 0.142 e. The molecule has 3 rings (SSSR count). The zero-order valence-electron chi connectivity index (χ0n) is 14.0. The topological polar surface area (TPSA) is 75.8 Å². The third-order valence-electron chi connectivity index (χ3n) is 4.44. The van der Waals surface area contributed by atoms with E-state index in [0.717, 1.165) is 44.1 Å². The molecular formula is C19H21N5O. The smallest absolute Gasteiger partial charge is 0.142 e. The number of nitriles is 1. The molecule has 0 bridgehead atoms. The largest absolute Gasteiger partial charge is 0.411 e. The van der Waals surface area contributed by atoms with Crippen LogP contribution in [0, 0.1) is 11.3 Å². The Hall–Kier alpha value is -2.91. The number of rotatable bonds is 5. The van der Waals surface area contributed by atoms with Crippen LogP contribution >= 0.6 is 0 Å². The predicted octanol–water partition coefficient (Wildman–Crippen LogP) is 2.34. The molecule has 1 saturated heterocycles. The van der Waals surface area contributed by atoms with Gasteiger partial charge in [0.25, 0.3) is 0 Å². The van der Waals surface area contributed by atoms with Crippen LogP contribution in [0.25, 0.3) is 0 Å². The molecule has 0 atom stereocenters. The molecule has 0 spiro atoms. The first-order chi connectivity index (χ1) is 12.3. The van der Waals surface area contributed by atoms with Gasteiger partial charge in [0.2, 0.25) is 0 Å². The molecular weight excluding hydrogens is 314 g/mol. The van der Waals surface area contributed by atoms with Crippen LogP contribution < -0.4 is 4.90 Å². The summed E-state index contributed by atoms with van der Waals surface area (Å²) in [6, 6.07) is 17.4.